The van der Waals surface area contributed by atoms with Gasteiger partial charge in [0.2, 0.25) is 0 Å². The highest BCUT2D eigenvalue weighted by molar-refractivity contribution is 5.95. The van der Waals surface area contributed by atoms with E-state index in [9.17, 15) is 4.79 Å². The first kappa shape index (κ1) is 20.5. The molecule has 5 nitrogen and oxygen atoms in total. The van der Waals surface area contributed by atoms with Gasteiger partial charge in [-0.05, 0) is 38.0 Å². The second-order valence-electron chi connectivity index (χ2n) is 7.15. The van der Waals surface area contributed by atoms with Gasteiger partial charge in [0.25, 0.3) is 5.91 Å². The number of nitrogens with zero attached hydrogens (tertiary/aromatic N) is 3. The number of hydrogen-bond donors (Lipinski definition) is 1. The third kappa shape index (κ3) is 5.41. The van der Waals surface area contributed by atoms with Crippen LogP contribution in [0, 0.1) is 6.92 Å². The van der Waals surface area contributed by atoms with Crippen molar-refractivity contribution in [3.8, 4) is 11.3 Å². The molecule has 0 fully saturated rings. The Morgan fingerprint density at radius 2 is 1.69 bits per heavy atom. The molecule has 0 aliphatic carbocycles. The summed E-state index contributed by atoms with van der Waals surface area (Å²) in [6, 6.07) is 17.7. The zero-order valence-electron chi connectivity index (χ0n) is 17.4. The van der Waals surface area contributed by atoms with Gasteiger partial charge in [0.05, 0.1) is 5.69 Å². The summed E-state index contributed by atoms with van der Waals surface area (Å²) in [6.45, 7) is 7.79. The molecule has 0 radical (unpaired) electrons. The maximum atomic E-state index is 12.9. The zero-order valence-corrected chi connectivity index (χ0v) is 17.4. The van der Waals surface area contributed by atoms with Crippen molar-refractivity contribution >= 4 is 17.4 Å². The first-order valence-electron chi connectivity index (χ1n) is 10.2. The Balaban J connectivity index is 1.79. The Bertz CT molecular complexity index is 947. The normalized spacial score (nSPS) is 10.6. The van der Waals surface area contributed by atoms with E-state index in [1.54, 1.807) is 6.33 Å². The van der Waals surface area contributed by atoms with Crippen molar-refractivity contribution in [1.29, 1.82) is 0 Å². The average molecular weight is 389 g/mol. The number of amides is 1. The van der Waals surface area contributed by atoms with Gasteiger partial charge in [-0.25, -0.2) is 9.97 Å². The van der Waals surface area contributed by atoms with Crippen LogP contribution >= 0.6 is 0 Å². The molecule has 5 heteroatoms. The van der Waals surface area contributed by atoms with Crippen LogP contribution in [0.1, 0.15) is 42.6 Å². The van der Waals surface area contributed by atoms with Crippen molar-refractivity contribution in [2.45, 2.75) is 33.6 Å². The number of nitrogens with one attached hydrogen (secondary N) is 1. The predicted molar refractivity (Wildman–Crippen MR) is 118 cm³/mol. The molecule has 0 aliphatic heterocycles. The molecule has 1 aromatic heterocycles. The van der Waals surface area contributed by atoms with Crippen LogP contribution in [-0.4, -0.2) is 33.9 Å². The summed E-state index contributed by atoms with van der Waals surface area (Å²) in [5.74, 6) is 0.763. The monoisotopic (exact) mass is 388 g/mol. The molecule has 150 valence electrons. The van der Waals surface area contributed by atoms with Crippen molar-refractivity contribution in [3.63, 3.8) is 0 Å². The molecule has 0 saturated carbocycles. The molecule has 0 atom stereocenters. The van der Waals surface area contributed by atoms with Crippen LogP contribution in [0.5, 0.6) is 0 Å². The Labute approximate surface area is 172 Å². The lowest BCUT2D eigenvalue weighted by atomic mass is 10.1. The molecule has 29 heavy (non-hydrogen) atoms. The standard InChI is InChI=1S/C24H28N4O/c1-4-13-28(14-5-2)24(29)20-7-6-8-21(15-20)27-23-16-22(25-17-26-23)19-11-9-18(3)10-12-19/h6-12,15-17H,4-5,13-14H2,1-3H3,(H,25,26,27). The Hall–Kier alpha value is -3.21. The van der Waals surface area contributed by atoms with Gasteiger partial charge in [-0.3, -0.25) is 4.79 Å². The minimum atomic E-state index is 0.0698. The number of hydrogen-bond acceptors (Lipinski definition) is 4. The van der Waals surface area contributed by atoms with Gasteiger partial charge in [0.15, 0.2) is 0 Å². The highest BCUT2D eigenvalue weighted by Gasteiger charge is 2.14. The fourth-order valence-corrected chi connectivity index (χ4v) is 3.22. The van der Waals surface area contributed by atoms with Crippen molar-refractivity contribution in [2.24, 2.45) is 0 Å². The van der Waals surface area contributed by atoms with E-state index >= 15 is 0 Å². The van der Waals surface area contributed by atoms with E-state index in [2.05, 4.69) is 60.3 Å². The lowest BCUT2D eigenvalue weighted by molar-refractivity contribution is 0.0755. The van der Waals surface area contributed by atoms with E-state index in [-0.39, 0.29) is 5.91 Å². The van der Waals surface area contributed by atoms with Crippen LogP contribution in [-0.2, 0) is 0 Å². The minimum absolute atomic E-state index is 0.0698. The van der Waals surface area contributed by atoms with Gasteiger partial charge in [0.1, 0.15) is 12.1 Å². The molecular weight excluding hydrogens is 360 g/mol. The Kier molecular flexibility index (Phi) is 6.95. The molecule has 3 aromatic rings. The van der Waals surface area contributed by atoms with Crippen LogP contribution in [0.3, 0.4) is 0 Å². The molecule has 0 bridgehead atoms. The number of aromatic nitrogens is 2. The van der Waals surface area contributed by atoms with E-state index in [4.69, 9.17) is 0 Å². The summed E-state index contributed by atoms with van der Waals surface area (Å²) in [4.78, 5) is 23.5. The third-order valence-electron chi connectivity index (χ3n) is 4.67. The first-order valence-corrected chi connectivity index (χ1v) is 10.2. The van der Waals surface area contributed by atoms with Gasteiger partial charge >= 0.3 is 0 Å². The summed E-state index contributed by atoms with van der Waals surface area (Å²) in [5.41, 5.74) is 4.62. The lowest BCUT2D eigenvalue weighted by Crippen LogP contribution is -2.32. The molecule has 3 rings (SSSR count). The van der Waals surface area contributed by atoms with E-state index in [1.165, 1.54) is 5.56 Å². The highest BCUT2D eigenvalue weighted by Crippen LogP contribution is 2.22. The molecule has 0 aliphatic rings. The van der Waals surface area contributed by atoms with Gasteiger partial charge in [0, 0.05) is 36.0 Å². The largest absolute Gasteiger partial charge is 0.340 e. The van der Waals surface area contributed by atoms with Crippen molar-refractivity contribution in [1.82, 2.24) is 14.9 Å². The summed E-state index contributed by atoms with van der Waals surface area (Å²) < 4.78 is 0. The topological polar surface area (TPSA) is 58.1 Å². The second-order valence-corrected chi connectivity index (χ2v) is 7.15. The molecule has 0 saturated heterocycles. The Morgan fingerprint density at radius 1 is 0.966 bits per heavy atom. The molecule has 1 heterocycles. The van der Waals surface area contributed by atoms with Crippen LogP contribution in [0.4, 0.5) is 11.5 Å². The molecule has 1 N–H and O–H groups in total. The van der Waals surface area contributed by atoms with Gasteiger partial charge in [-0.2, -0.15) is 0 Å². The molecule has 0 spiro atoms. The SMILES string of the molecule is CCCN(CCC)C(=O)c1cccc(Nc2cc(-c3ccc(C)cc3)ncn2)c1. The number of rotatable bonds is 8. The van der Waals surface area contributed by atoms with E-state index in [0.717, 1.165) is 42.9 Å². The van der Waals surface area contributed by atoms with E-state index < -0.39 is 0 Å². The van der Waals surface area contributed by atoms with Crippen molar-refractivity contribution in [2.75, 3.05) is 18.4 Å². The number of carbonyl (C=O) groups excluding carboxylic acids is 1. The Morgan fingerprint density at radius 3 is 2.38 bits per heavy atom. The lowest BCUT2D eigenvalue weighted by Gasteiger charge is -2.21. The molecule has 0 unspecified atom stereocenters. The number of benzene rings is 2. The molecule has 1 amide bonds. The second kappa shape index (κ2) is 9.82. The van der Waals surface area contributed by atoms with Crippen LogP contribution in [0.15, 0.2) is 60.9 Å². The summed E-state index contributed by atoms with van der Waals surface area (Å²) in [6.07, 6.45) is 3.45. The summed E-state index contributed by atoms with van der Waals surface area (Å²) in [5, 5.41) is 3.30. The van der Waals surface area contributed by atoms with Crippen LogP contribution in [0.25, 0.3) is 11.3 Å². The van der Waals surface area contributed by atoms with Crippen LogP contribution < -0.4 is 5.32 Å². The highest BCUT2D eigenvalue weighted by atomic mass is 16.2. The first-order chi connectivity index (χ1) is 14.1. The van der Waals surface area contributed by atoms with E-state index in [1.807, 2.05) is 35.2 Å². The number of carbonyl (C=O) groups is 1. The minimum Gasteiger partial charge on any atom is -0.340 e. The van der Waals surface area contributed by atoms with Gasteiger partial charge in [-0.15, -0.1) is 0 Å². The number of aryl methyl sites for hydroxylation is 1. The quantitative estimate of drug-likeness (QED) is 0.557. The maximum absolute atomic E-state index is 12.9. The molecule has 2 aromatic carbocycles. The summed E-state index contributed by atoms with van der Waals surface area (Å²) in [7, 11) is 0. The van der Waals surface area contributed by atoms with Crippen molar-refractivity contribution in [3.05, 3.63) is 72.1 Å². The van der Waals surface area contributed by atoms with E-state index in [0.29, 0.717) is 11.4 Å². The van der Waals surface area contributed by atoms with Crippen molar-refractivity contribution < 1.29 is 4.79 Å². The average Bonchev–Trinajstić information content (AvgIpc) is 2.74. The van der Waals surface area contributed by atoms with Gasteiger partial charge < -0.3 is 10.2 Å². The maximum Gasteiger partial charge on any atom is 0.253 e. The smallest absolute Gasteiger partial charge is 0.253 e. The number of anilines is 2. The summed E-state index contributed by atoms with van der Waals surface area (Å²) >= 11 is 0. The fourth-order valence-electron chi connectivity index (χ4n) is 3.22. The van der Waals surface area contributed by atoms with Gasteiger partial charge in [-0.1, -0.05) is 49.7 Å². The zero-order chi connectivity index (χ0) is 20.6. The molecular formula is C24H28N4O. The fraction of sp³-hybridized carbons (Fsp3) is 0.292. The van der Waals surface area contributed by atoms with Crippen LogP contribution in [0.2, 0.25) is 0 Å². The third-order valence-corrected chi connectivity index (χ3v) is 4.67. The predicted octanol–water partition coefficient (Wildman–Crippen LogP) is 5.46.